The molecule has 0 spiro atoms. The van der Waals surface area contributed by atoms with Crippen molar-refractivity contribution in [2.45, 2.75) is 25.6 Å². The molecule has 3 nitrogen and oxygen atoms in total. The maximum absolute atomic E-state index is 12.5. The predicted octanol–water partition coefficient (Wildman–Crippen LogP) is 2.41. The van der Waals surface area contributed by atoms with E-state index in [9.17, 15) is 23.1 Å². The number of hydrogen-bond acceptors (Lipinski definition) is 2. The molecule has 6 heteroatoms. The van der Waals surface area contributed by atoms with Gasteiger partial charge in [-0.3, -0.25) is 4.79 Å². The van der Waals surface area contributed by atoms with E-state index in [4.69, 9.17) is 0 Å². The van der Waals surface area contributed by atoms with Crippen molar-refractivity contribution in [2.75, 3.05) is 5.32 Å². The lowest BCUT2D eigenvalue weighted by Crippen LogP contribution is -2.39. The van der Waals surface area contributed by atoms with Crippen LogP contribution in [-0.4, -0.2) is 17.2 Å². The number of anilines is 1. The van der Waals surface area contributed by atoms with Gasteiger partial charge < -0.3 is 10.4 Å². The minimum Gasteiger partial charge on any atom is -0.376 e. The lowest BCUT2D eigenvalue weighted by atomic mass is 9.95. The van der Waals surface area contributed by atoms with Gasteiger partial charge in [-0.15, -0.1) is 0 Å². The fourth-order valence-corrected chi connectivity index (χ4v) is 1.25. The van der Waals surface area contributed by atoms with Gasteiger partial charge in [-0.2, -0.15) is 13.2 Å². The number of nitrogens with one attached hydrogen (secondary N) is 1. The van der Waals surface area contributed by atoms with E-state index in [-0.39, 0.29) is 11.5 Å². The predicted molar refractivity (Wildman–Crippen MR) is 56.4 cm³/mol. The van der Waals surface area contributed by atoms with Crippen molar-refractivity contribution in [1.82, 2.24) is 0 Å². The van der Waals surface area contributed by atoms with Crippen LogP contribution >= 0.6 is 0 Å². The first kappa shape index (κ1) is 13.5. The van der Waals surface area contributed by atoms with E-state index in [0.717, 1.165) is 12.1 Å². The molecular formula is C11H12F3NO2. The molecule has 1 amide bonds. The van der Waals surface area contributed by atoms with Crippen LogP contribution in [0.3, 0.4) is 0 Å². The van der Waals surface area contributed by atoms with Crippen LogP contribution in [0.2, 0.25) is 0 Å². The molecule has 0 bridgehead atoms. The highest BCUT2D eigenvalue weighted by atomic mass is 19.4. The highest BCUT2D eigenvalue weighted by molar-refractivity contribution is 5.88. The Morgan fingerprint density at radius 1 is 1.24 bits per heavy atom. The van der Waals surface area contributed by atoms with Crippen LogP contribution in [0.15, 0.2) is 24.3 Å². The van der Waals surface area contributed by atoms with Gasteiger partial charge in [0.15, 0.2) is 5.60 Å². The van der Waals surface area contributed by atoms with Gasteiger partial charge in [0, 0.05) is 12.6 Å². The Morgan fingerprint density at radius 2 is 1.71 bits per heavy atom. The third-order valence-corrected chi connectivity index (χ3v) is 2.32. The SMILES string of the molecule is CC(=O)Nc1ccc(C(C)(O)C(F)(F)F)cc1. The Morgan fingerprint density at radius 3 is 2.06 bits per heavy atom. The Bertz CT molecular complexity index is 410. The van der Waals surface area contributed by atoms with Gasteiger partial charge in [-0.25, -0.2) is 0 Å². The first-order chi connectivity index (χ1) is 7.64. The zero-order valence-corrected chi connectivity index (χ0v) is 9.30. The van der Waals surface area contributed by atoms with Crippen molar-refractivity contribution in [3.8, 4) is 0 Å². The summed E-state index contributed by atoms with van der Waals surface area (Å²) in [5.74, 6) is -0.319. The second-order valence-electron chi connectivity index (χ2n) is 3.83. The van der Waals surface area contributed by atoms with E-state index < -0.39 is 11.8 Å². The number of hydrogen-bond donors (Lipinski definition) is 2. The number of carbonyl (C=O) groups is 1. The van der Waals surface area contributed by atoms with Crippen LogP contribution < -0.4 is 5.32 Å². The normalized spacial score (nSPS) is 15.2. The second-order valence-corrected chi connectivity index (χ2v) is 3.83. The van der Waals surface area contributed by atoms with Crippen LogP contribution in [-0.2, 0) is 10.4 Å². The van der Waals surface area contributed by atoms with E-state index in [1.54, 1.807) is 0 Å². The third kappa shape index (κ3) is 2.97. The summed E-state index contributed by atoms with van der Waals surface area (Å²) < 4.78 is 37.5. The smallest absolute Gasteiger partial charge is 0.376 e. The maximum atomic E-state index is 12.5. The maximum Gasteiger partial charge on any atom is 0.421 e. The molecule has 0 aliphatic heterocycles. The standard InChI is InChI=1S/C11H12F3NO2/c1-7(16)15-9-5-3-8(4-6-9)10(2,17)11(12,13)14/h3-6,17H,1-2H3,(H,15,16). The number of aliphatic hydroxyl groups is 1. The summed E-state index contributed by atoms with van der Waals surface area (Å²) in [4.78, 5) is 10.7. The minimum absolute atomic E-state index is 0.279. The van der Waals surface area contributed by atoms with Gasteiger partial charge in [0.1, 0.15) is 0 Å². The summed E-state index contributed by atoms with van der Waals surface area (Å²) in [6.45, 7) is 1.97. The van der Waals surface area contributed by atoms with Gasteiger partial charge in [0.2, 0.25) is 5.91 Å². The molecule has 0 fully saturated rings. The minimum atomic E-state index is -4.75. The van der Waals surface area contributed by atoms with Gasteiger partial charge in [0.25, 0.3) is 0 Å². The summed E-state index contributed by atoms with van der Waals surface area (Å²) in [7, 11) is 0. The number of alkyl halides is 3. The van der Waals surface area contributed by atoms with Crippen LogP contribution in [0.1, 0.15) is 19.4 Å². The molecule has 0 aromatic heterocycles. The van der Waals surface area contributed by atoms with Crippen molar-refractivity contribution >= 4 is 11.6 Å². The third-order valence-electron chi connectivity index (χ3n) is 2.32. The summed E-state index contributed by atoms with van der Waals surface area (Å²) in [5.41, 5.74) is -2.81. The summed E-state index contributed by atoms with van der Waals surface area (Å²) >= 11 is 0. The molecular weight excluding hydrogens is 235 g/mol. The van der Waals surface area contributed by atoms with Gasteiger partial charge in [0.05, 0.1) is 0 Å². The van der Waals surface area contributed by atoms with Crippen LogP contribution in [0, 0.1) is 0 Å². The second kappa shape index (κ2) is 4.37. The number of benzene rings is 1. The molecule has 0 aliphatic carbocycles. The fourth-order valence-electron chi connectivity index (χ4n) is 1.25. The van der Waals surface area contributed by atoms with E-state index in [1.807, 2.05) is 0 Å². The highest BCUT2D eigenvalue weighted by Gasteiger charge is 2.51. The van der Waals surface area contributed by atoms with Crippen molar-refractivity contribution in [3.05, 3.63) is 29.8 Å². The summed E-state index contributed by atoms with van der Waals surface area (Å²) in [6.07, 6.45) is -4.75. The Hall–Kier alpha value is -1.56. The average molecular weight is 247 g/mol. The monoisotopic (exact) mass is 247 g/mol. The van der Waals surface area contributed by atoms with Gasteiger partial charge >= 0.3 is 6.18 Å². The van der Waals surface area contributed by atoms with E-state index in [2.05, 4.69) is 5.32 Å². The average Bonchev–Trinajstić information content (AvgIpc) is 2.15. The molecule has 1 unspecified atom stereocenters. The Labute approximate surface area is 96.3 Å². The molecule has 1 atom stereocenters. The van der Waals surface area contributed by atoms with E-state index in [0.29, 0.717) is 12.6 Å². The van der Waals surface area contributed by atoms with Crippen LogP contribution in [0.5, 0.6) is 0 Å². The molecule has 0 saturated carbocycles. The molecule has 0 aliphatic rings. The summed E-state index contributed by atoms with van der Waals surface area (Å²) in [6, 6.07) is 4.85. The number of amides is 1. The molecule has 1 aromatic carbocycles. The molecule has 0 heterocycles. The topological polar surface area (TPSA) is 49.3 Å². The molecule has 2 N–H and O–H groups in total. The van der Waals surface area contributed by atoms with E-state index in [1.165, 1.54) is 19.1 Å². The highest BCUT2D eigenvalue weighted by Crippen LogP contribution is 2.38. The lowest BCUT2D eigenvalue weighted by Gasteiger charge is -2.26. The zero-order valence-electron chi connectivity index (χ0n) is 9.30. The molecule has 0 saturated heterocycles. The van der Waals surface area contributed by atoms with Gasteiger partial charge in [-0.05, 0) is 24.6 Å². The largest absolute Gasteiger partial charge is 0.421 e. The van der Waals surface area contributed by atoms with Crippen molar-refractivity contribution in [3.63, 3.8) is 0 Å². The number of halogens is 3. The van der Waals surface area contributed by atoms with Crippen molar-refractivity contribution in [2.24, 2.45) is 0 Å². The number of rotatable bonds is 2. The first-order valence-corrected chi connectivity index (χ1v) is 4.82. The molecule has 17 heavy (non-hydrogen) atoms. The van der Waals surface area contributed by atoms with Gasteiger partial charge in [-0.1, -0.05) is 12.1 Å². The molecule has 94 valence electrons. The molecule has 0 radical (unpaired) electrons. The summed E-state index contributed by atoms with van der Waals surface area (Å²) in [5, 5.41) is 11.8. The fraction of sp³-hybridized carbons (Fsp3) is 0.364. The molecule has 1 rings (SSSR count). The quantitative estimate of drug-likeness (QED) is 0.843. The van der Waals surface area contributed by atoms with E-state index >= 15 is 0 Å². The van der Waals surface area contributed by atoms with Crippen molar-refractivity contribution < 1.29 is 23.1 Å². The Balaban J connectivity index is 2.99. The lowest BCUT2D eigenvalue weighted by molar-refractivity contribution is -0.258. The van der Waals surface area contributed by atoms with Crippen LogP contribution in [0.25, 0.3) is 0 Å². The Kier molecular flexibility index (Phi) is 3.47. The molecule has 1 aromatic rings. The van der Waals surface area contributed by atoms with Crippen LogP contribution in [0.4, 0.5) is 18.9 Å². The zero-order chi connectivity index (χ0) is 13.3. The number of carbonyl (C=O) groups excluding carboxylic acids is 1. The van der Waals surface area contributed by atoms with Crippen molar-refractivity contribution in [1.29, 1.82) is 0 Å². The first-order valence-electron chi connectivity index (χ1n) is 4.82.